The highest BCUT2D eigenvalue weighted by atomic mass is 16.7. The zero-order valence-electron chi connectivity index (χ0n) is 11.1. The van der Waals surface area contributed by atoms with Gasteiger partial charge in [0.25, 0.3) is 0 Å². The molecule has 1 aliphatic heterocycles. The van der Waals surface area contributed by atoms with E-state index in [1.807, 2.05) is 36.4 Å². The van der Waals surface area contributed by atoms with Gasteiger partial charge in [-0.05, 0) is 28.1 Å². The van der Waals surface area contributed by atoms with Gasteiger partial charge >= 0.3 is 5.97 Å². The molecule has 0 saturated heterocycles. The maximum Gasteiger partial charge on any atom is 0.307 e. The van der Waals surface area contributed by atoms with E-state index in [0.717, 1.165) is 27.5 Å². The van der Waals surface area contributed by atoms with Crippen LogP contribution in [0.25, 0.3) is 21.9 Å². The molecule has 0 radical (unpaired) electrons. The van der Waals surface area contributed by atoms with Crippen molar-refractivity contribution >= 4 is 16.7 Å². The lowest BCUT2D eigenvalue weighted by molar-refractivity contribution is -0.136. The van der Waals surface area contributed by atoms with Gasteiger partial charge in [-0.1, -0.05) is 36.4 Å². The number of hydrogen-bond donors (Lipinski definition) is 1. The Balaban J connectivity index is 2.15. The monoisotopic (exact) mass is 280 g/mol. The highest BCUT2D eigenvalue weighted by Crippen LogP contribution is 2.44. The summed E-state index contributed by atoms with van der Waals surface area (Å²) >= 11 is 0. The lowest BCUT2D eigenvalue weighted by Gasteiger charge is -2.09. The Morgan fingerprint density at radius 3 is 2.76 bits per heavy atom. The molecule has 104 valence electrons. The van der Waals surface area contributed by atoms with Crippen LogP contribution in [-0.2, 0) is 11.2 Å². The van der Waals surface area contributed by atoms with Crippen LogP contribution in [-0.4, -0.2) is 17.9 Å². The maximum atomic E-state index is 11.2. The largest absolute Gasteiger partial charge is 0.481 e. The zero-order chi connectivity index (χ0) is 14.4. The molecule has 21 heavy (non-hydrogen) atoms. The van der Waals surface area contributed by atoms with E-state index in [2.05, 4.69) is 0 Å². The summed E-state index contributed by atoms with van der Waals surface area (Å²) in [5.41, 5.74) is 2.86. The van der Waals surface area contributed by atoms with Gasteiger partial charge in [0.2, 0.25) is 6.79 Å². The SMILES string of the molecule is O=C(O)Cc1cc2c(c3cccc4cccc-4c13)OCO2. The van der Waals surface area contributed by atoms with Crippen LogP contribution in [0.1, 0.15) is 5.56 Å². The molecular formula is C17H12O4. The molecule has 0 unspecified atom stereocenters. The van der Waals surface area contributed by atoms with Crippen molar-refractivity contribution in [2.75, 3.05) is 6.79 Å². The van der Waals surface area contributed by atoms with E-state index >= 15 is 0 Å². The summed E-state index contributed by atoms with van der Waals surface area (Å²) in [6.07, 6.45) is -0.0442. The predicted molar refractivity (Wildman–Crippen MR) is 78.0 cm³/mol. The van der Waals surface area contributed by atoms with Gasteiger partial charge in [-0.3, -0.25) is 4.79 Å². The minimum absolute atomic E-state index is 0.0442. The fourth-order valence-corrected chi connectivity index (χ4v) is 2.96. The predicted octanol–water partition coefficient (Wildman–Crippen LogP) is 3.30. The lowest BCUT2D eigenvalue weighted by atomic mass is 9.97. The topological polar surface area (TPSA) is 55.8 Å². The molecule has 0 saturated carbocycles. The molecule has 1 aromatic carbocycles. The van der Waals surface area contributed by atoms with Crippen LogP contribution in [0.4, 0.5) is 0 Å². The van der Waals surface area contributed by atoms with Gasteiger partial charge < -0.3 is 14.6 Å². The first kappa shape index (κ1) is 12.0. The number of carboxylic acids is 1. The molecule has 3 aliphatic rings. The Morgan fingerprint density at radius 2 is 1.95 bits per heavy atom. The van der Waals surface area contributed by atoms with E-state index in [1.165, 1.54) is 0 Å². The Hall–Kier alpha value is -2.75. The second-order valence-electron chi connectivity index (χ2n) is 5.05. The summed E-state index contributed by atoms with van der Waals surface area (Å²) in [6.45, 7) is 0.170. The first-order valence-electron chi connectivity index (χ1n) is 6.69. The van der Waals surface area contributed by atoms with Crippen molar-refractivity contribution in [3.8, 4) is 22.6 Å². The molecule has 4 heteroatoms. The van der Waals surface area contributed by atoms with E-state index < -0.39 is 5.97 Å². The summed E-state index contributed by atoms with van der Waals surface area (Å²) in [4.78, 5) is 11.2. The average molecular weight is 280 g/mol. The highest BCUT2D eigenvalue weighted by molar-refractivity contribution is 6.04. The van der Waals surface area contributed by atoms with E-state index in [9.17, 15) is 9.90 Å². The molecule has 0 aromatic heterocycles. The van der Waals surface area contributed by atoms with Crippen LogP contribution >= 0.6 is 0 Å². The molecule has 2 aliphatic carbocycles. The van der Waals surface area contributed by atoms with Crippen molar-refractivity contribution < 1.29 is 19.4 Å². The highest BCUT2D eigenvalue weighted by Gasteiger charge is 2.22. The number of carbonyl (C=O) groups is 1. The van der Waals surface area contributed by atoms with Gasteiger partial charge in [-0.2, -0.15) is 0 Å². The minimum Gasteiger partial charge on any atom is -0.481 e. The lowest BCUT2D eigenvalue weighted by Crippen LogP contribution is -2.01. The fraction of sp³-hybridized carbons (Fsp3) is 0.118. The first-order valence-corrected chi connectivity index (χ1v) is 6.69. The Bertz CT molecular complexity index is 838. The number of fused-ring (bicyclic) bond motifs is 5. The third-order valence-electron chi connectivity index (χ3n) is 3.78. The van der Waals surface area contributed by atoms with Gasteiger partial charge in [0, 0.05) is 5.39 Å². The summed E-state index contributed by atoms with van der Waals surface area (Å²) in [5, 5.41) is 11.0. The van der Waals surface area contributed by atoms with Crippen LogP contribution in [0.5, 0.6) is 11.5 Å². The van der Waals surface area contributed by atoms with Crippen molar-refractivity contribution in [3.05, 3.63) is 48.0 Å². The molecule has 0 fully saturated rings. The van der Waals surface area contributed by atoms with Crippen molar-refractivity contribution in [3.63, 3.8) is 0 Å². The van der Waals surface area contributed by atoms with Gasteiger partial charge in [0.05, 0.1) is 6.42 Å². The van der Waals surface area contributed by atoms with E-state index in [-0.39, 0.29) is 13.2 Å². The summed E-state index contributed by atoms with van der Waals surface area (Å²) in [5.74, 6) is 0.448. The molecule has 1 N–H and O–H groups in total. The third-order valence-corrected chi connectivity index (χ3v) is 3.78. The van der Waals surface area contributed by atoms with Crippen LogP contribution < -0.4 is 9.47 Å². The van der Waals surface area contributed by atoms with Crippen molar-refractivity contribution in [1.82, 2.24) is 0 Å². The van der Waals surface area contributed by atoms with Gasteiger partial charge in [-0.25, -0.2) is 0 Å². The maximum absolute atomic E-state index is 11.2. The van der Waals surface area contributed by atoms with Crippen molar-refractivity contribution in [2.24, 2.45) is 0 Å². The number of carboxylic acid groups (broad SMARTS) is 1. The van der Waals surface area contributed by atoms with E-state index in [1.54, 1.807) is 6.07 Å². The molecular weight excluding hydrogens is 268 g/mol. The molecule has 4 rings (SSSR count). The minimum atomic E-state index is -0.860. The first-order chi connectivity index (χ1) is 10.2. The molecule has 0 spiro atoms. The second kappa shape index (κ2) is 4.38. The van der Waals surface area contributed by atoms with Crippen LogP contribution in [0.2, 0.25) is 0 Å². The summed E-state index contributed by atoms with van der Waals surface area (Å²) in [6, 6.07) is 13.7. The Kier molecular flexibility index (Phi) is 2.51. The normalized spacial score (nSPS) is 13.0. The fourth-order valence-electron chi connectivity index (χ4n) is 2.96. The number of rotatable bonds is 2. The summed E-state index contributed by atoms with van der Waals surface area (Å²) < 4.78 is 11.0. The number of hydrogen-bond acceptors (Lipinski definition) is 3. The number of benzene rings is 1. The average Bonchev–Trinajstić information content (AvgIpc) is 3.04. The standard InChI is InChI=1S/C17H12O4/c18-15(19)8-11-7-14-17(21-9-20-14)13-6-2-4-10-3-1-5-12(10)16(11)13/h1-7H,8-9H2,(H,18,19). The van der Waals surface area contributed by atoms with Crippen molar-refractivity contribution in [2.45, 2.75) is 6.42 Å². The second-order valence-corrected chi connectivity index (χ2v) is 5.05. The van der Waals surface area contributed by atoms with Crippen LogP contribution in [0, 0.1) is 0 Å². The van der Waals surface area contributed by atoms with Gasteiger partial charge in [-0.15, -0.1) is 0 Å². The van der Waals surface area contributed by atoms with Crippen LogP contribution in [0.3, 0.4) is 0 Å². The van der Waals surface area contributed by atoms with E-state index in [4.69, 9.17) is 9.47 Å². The van der Waals surface area contributed by atoms with E-state index in [0.29, 0.717) is 11.5 Å². The molecule has 0 bridgehead atoms. The number of aliphatic carboxylic acids is 1. The molecule has 0 atom stereocenters. The van der Waals surface area contributed by atoms with Crippen LogP contribution in [0.15, 0.2) is 42.5 Å². The quantitative estimate of drug-likeness (QED) is 0.782. The van der Waals surface area contributed by atoms with Crippen molar-refractivity contribution in [1.29, 1.82) is 0 Å². The molecule has 1 heterocycles. The number of ether oxygens (including phenoxy) is 2. The Morgan fingerprint density at radius 1 is 1.14 bits per heavy atom. The smallest absolute Gasteiger partial charge is 0.307 e. The summed E-state index contributed by atoms with van der Waals surface area (Å²) in [7, 11) is 0. The molecule has 0 amide bonds. The van der Waals surface area contributed by atoms with Gasteiger partial charge in [0.15, 0.2) is 11.5 Å². The van der Waals surface area contributed by atoms with Gasteiger partial charge in [0.1, 0.15) is 0 Å². The Labute approximate surface area is 120 Å². The zero-order valence-corrected chi connectivity index (χ0v) is 11.1. The molecule has 1 aromatic rings. The third kappa shape index (κ3) is 1.80. The molecule has 4 nitrogen and oxygen atoms in total.